The Hall–Kier alpha value is -1.24. The van der Waals surface area contributed by atoms with Crippen LogP contribution in [0.5, 0.6) is 0 Å². The fourth-order valence-corrected chi connectivity index (χ4v) is 4.29. The standard InChI is InChI=1S/C18H28FN3O2/c1-3-20-16-14(5-4-8-21-16)11-17(7-9-22(2)13-17)18(23)12-15(19)6-10-24-18/h4,6,8,14,23H,3,5,7,9-13H2,1-2H3,(H,20,21). The van der Waals surface area contributed by atoms with Crippen molar-refractivity contribution in [2.45, 2.75) is 38.4 Å². The summed E-state index contributed by atoms with van der Waals surface area (Å²) in [6.45, 7) is 4.45. The highest BCUT2D eigenvalue weighted by molar-refractivity contribution is 5.86. The van der Waals surface area contributed by atoms with E-state index in [0.717, 1.165) is 38.2 Å². The Bertz CT molecular complexity index is 562. The molecule has 0 radical (unpaired) electrons. The molecular weight excluding hydrogens is 309 g/mol. The van der Waals surface area contributed by atoms with Crippen LogP contribution in [0, 0.1) is 11.3 Å². The van der Waals surface area contributed by atoms with Gasteiger partial charge in [0.05, 0.1) is 13.0 Å². The molecule has 0 amide bonds. The van der Waals surface area contributed by atoms with Crippen LogP contribution in [-0.2, 0) is 4.74 Å². The van der Waals surface area contributed by atoms with Crippen LogP contribution >= 0.6 is 0 Å². The number of halogens is 1. The predicted octanol–water partition coefficient (Wildman–Crippen LogP) is 2.20. The van der Waals surface area contributed by atoms with Gasteiger partial charge in [-0.3, -0.25) is 4.99 Å². The zero-order valence-electron chi connectivity index (χ0n) is 14.6. The molecule has 0 aromatic rings. The summed E-state index contributed by atoms with van der Waals surface area (Å²) in [4.78, 5) is 6.77. The first-order valence-corrected chi connectivity index (χ1v) is 8.83. The van der Waals surface area contributed by atoms with E-state index in [9.17, 15) is 9.50 Å². The van der Waals surface area contributed by atoms with Crippen molar-refractivity contribution in [2.24, 2.45) is 16.3 Å². The fraction of sp³-hybridized carbons (Fsp3) is 0.722. The van der Waals surface area contributed by atoms with Gasteiger partial charge >= 0.3 is 0 Å². The Labute approximate surface area is 143 Å². The Kier molecular flexibility index (Phi) is 5.08. The molecule has 134 valence electrons. The van der Waals surface area contributed by atoms with Crippen molar-refractivity contribution < 1.29 is 14.2 Å². The summed E-state index contributed by atoms with van der Waals surface area (Å²) in [5.41, 5.74) is -0.487. The summed E-state index contributed by atoms with van der Waals surface area (Å²) in [6, 6.07) is 0. The Morgan fingerprint density at radius 1 is 1.54 bits per heavy atom. The van der Waals surface area contributed by atoms with Gasteiger partial charge in [0, 0.05) is 24.4 Å². The van der Waals surface area contributed by atoms with Gasteiger partial charge in [-0.25, -0.2) is 4.39 Å². The van der Waals surface area contributed by atoms with Gasteiger partial charge in [0.1, 0.15) is 11.7 Å². The number of allylic oxidation sites excluding steroid dienone is 1. The van der Waals surface area contributed by atoms with Gasteiger partial charge in [0.2, 0.25) is 0 Å². The molecule has 3 atom stereocenters. The maximum Gasteiger partial charge on any atom is 0.179 e. The summed E-state index contributed by atoms with van der Waals surface area (Å²) < 4.78 is 19.7. The highest BCUT2D eigenvalue weighted by atomic mass is 19.1. The van der Waals surface area contributed by atoms with Crippen LogP contribution in [0.3, 0.4) is 0 Å². The van der Waals surface area contributed by atoms with Gasteiger partial charge in [-0.2, -0.15) is 0 Å². The van der Waals surface area contributed by atoms with Crippen LogP contribution in [0.1, 0.15) is 32.6 Å². The molecule has 1 saturated heterocycles. The molecule has 0 spiro atoms. The number of nitrogens with zero attached hydrogens (tertiary/aromatic N) is 2. The summed E-state index contributed by atoms with van der Waals surface area (Å²) in [5, 5.41) is 14.5. The number of hydrogen-bond donors (Lipinski definition) is 2. The van der Waals surface area contributed by atoms with E-state index in [4.69, 9.17) is 4.74 Å². The molecule has 5 nitrogen and oxygen atoms in total. The molecule has 0 aromatic heterocycles. The molecular formula is C18H28FN3O2. The van der Waals surface area contributed by atoms with Gasteiger partial charge in [-0.05, 0) is 52.1 Å². The fourth-order valence-electron chi connectivity index (χ4n) is 4.29. The van der Waals surface area contributed by atoms with Crippen LogP contribution in [0.25, 0.3) is 0 Å². The number of aliphatic hydroxyl groups is 1. The Morgan fingerprint density at radius 3 is 3.04 bits per heavy atom. The zero-order valence-corrected chi connectivity index (χ0v) is 14.6. The second-order valence-electron chi connectivity index (χ2n) is 7.23. The zero-order chi connectivity index (χ0) is 17.2. The molecule has 24 heavy (non-hydrogen) atoms. The number of amidine groups is 1. The lowest BCUT2D eigenvalue weighted by Gasteiger charge is -2.47. The molecule has 0 saturated carbocycles. The average Bonchev–Trinajstić information content (AvgIpc) is 2.92. The number of ether oxygens (including phenoxy) is 1. The average molecular weight is 337 g/mol. The molecule has 0 aromatic carbocycles. The Balaban J connectivity index is 1.88. The Morgan fingerprint density at radius 2 is 2.38 bits per heavy atom. The van der Waals surface area contributed by atoms with Crippen molar-refractivity contribution in [2.75, 3.05) is 33.3 Å². The van der Waals surface area contributed by atoms with Gasteiger partial charge in [0.15, 0.2) is 5.79 Å². The van der Waals surface area contributed by atoms with E-state index < -0.39 is 11.2 Å². The molecule has 0 aliphatic carbocycles. The van der Waals surface area contributed by atoms with Crippen LogP contribution < -0.4 is 5.32 Å². The van der Waals surface area contributed by atoms with Crippen molar-refractivity contribution in [3.05, 3.63) is 24.2 Å². The van der Waals surface area contributed by atoms with Crippen LogP contribution in [0.4, 0.5) is 4.39 Å². The maximum atomic E-state index is 13.9. The topological polar surface area (TPSA) is 57.1 Å². The third-order valence-electron chi connectivity index (χ3n) is 5.53. The number of nitrogens with one attached hydrogen (secondary N) is 1. The first kappa shape index (κ1) is 17.6. The van der Waals surface area contributed by atoms with Crippen LogP contribution in [-0.4, -0.2) is 54.9 Å². The minimum atomic E-state index is -1.45. The van der Waals surface area contributed by atoms with Crippen LogP contribution in [0.15, 0.2) is 29.2 Å². The van der Waals surface area contributed by atoms with Crippen molar-refractivity contribution in [3.8, 4) is 0 Å². The van der Waals surface area contributed by atoms with Crippen molar-refractivity contribution in [3.63, 3.8) is 0 Å². The summed E-state index contributed by atoms with van der Waals surface area (Å²) in [5.74, 6) is -0.566. The molecule has 3 heterocycles. The normalized spacial score (nSPS) is 39.1. The molecule has 3 rings (SSSR count). The third kappa shape index (κ3) is 3.27. The van der Waals surface area contributed by atoms with Crippen molar-refractivity contribution in [1.29, 1.82) is 0 Å². The van der Waals surface area contributed by atoms with E-state index in [-0.39, 0.29) is 24.8 Å². The number of hydrogen-bond acceptors (Lipinski definition) is 4. The SMILES string of the molecule is CCN=C1NC=CCC1CC1(C2(O)CC(F)=CCO2)CCN(C)C1. The van der Waals surface area contributed by atoms with Crippen LogP contribution in [0.2, 0.25) is 0 Å². The lowest BCUT2D eigenvalue weighted by Crippen LogP contribution is -2.55. The minimum absolute atomic E-state index is 0.0585. The maximum absolute atomic E-state index is 13.9. The minimum Gasteiger partial charge on any atom is -0.365 e. The summed E-state index contributed by atoms with van der Waals surface area (Å²) in [6.07, 6.45) is 7.79. The monoisotopic (exact) mass is 337 g/mol. The molecule has 3 aliphatic heterocycles. The van der Waals surface area contributed by atoms with Crippen molar-refractivity contribution in [1.82, 2.24) is 10.2 Å². The van der Waals surface area contributed by atoms with Crippen molar-refractivity contribution >= 4 is 5.84 Å². The van der Waals surface area contributed by atoms with Gasteiger partial charge in [0.25, 0.3) is 0 Å². The van der Waals surface area contributed by atoms with Gasteiger partial charge in [-0.15, -0.1) is 0 Å². The molecule has 2 N–H and O–H groups in total. The highest BCUT2D eigenvalue weighted by Crippen LogP contribution is 2.50. The van der Waals surface area contributed by atoms with Gasteiger partial charge in [-0.1, -0.05) is 6.08 Å². The second-order valence-corrected chi connectivity index (χ2v) is 7.23. The second kappa shape index (κ2) is 6.94. The van der Waals surface area contributed by atoms with E-state index >= 15 is 0 Å². The highest BCUT2D eigenvalue weighted by Gasteiger charge is 2.56. The van der Waals surface area contributed by atoms with Gasteiger partial charge < -0.3 is 20.1 Å². The first-order chi connectivity index (χ1) is 11.5. The summed E-state index contributed by atoms with van der Waals surface area (Å²) >= 11 is 0. The molecule has 0 bridgehead atoms. The molecule has 6 heteroatoms. The summed E-state index contributed by atoms with van der Waals surface area (Å²) in [7, 11) is 2.04. The number of likely N-dealkylation sites (tertiary alicyclic amines) is 1. The van der Waals surface area contributed by atoms with E-state index in [1.54, 1.807) is 0 Å². The van der Waals surface area contributed by atoms with E-state index in [1.807, 2.05) is 20.2 Å². The number of rotatable bonds is 4. The molecule has 3 unspecified atom stereocenters. The number of aliphatic imine (C=N–C) groups is 1. The predicted molar refractivity (Wildman–Crippen MR) is 92.2 cm³/mol. The molecule has 3 aliphatic rings. The van der Waals surface area contributed by atoms with E-state index in [0.29, 0.717) is 6.54 Å². The lowest BCUT2D eigenvalue weighted by molar-refractivity contribution is -0.275. The smallest absolute Gasteiger partial charge is 0.179 e. The third-order valence-corrected chi connectivity index (χ3v) is 5.53. The lowest BCUT2D eigenvalue weighted by atomic mass is 9.69. The largest absolute Gasteiger partial charge is 0.365 e. The molecule has 1 fully saturated rings. The van der Waals surface area contributed by atoms with E-state index in [1.165, 1.54) is 6.08 Å². The quantitative estimate of drug-likeness (QED) is 0.826. The first-order valence-electron chi connectivity index (χ1n) is 8.83. The van der Waals surface area contributed by atoms with E-state index in [2.05, 4.69) is 21.3 Å².